The minimum atomic E-state index is -1.02. The highest BCUT2D eigenvalue weighted by Crippen LogP contribution is 2.40. The number of thiazole rings is 1. The van der Waals surface area contributed by atoms with E-state index >= 15 is 0 Å². The van der Waals surface area contributed by atoms with E-state index in [4.69, 9.17) is 29.2 Å². The van der Waals surface area contributed by atoms with Gasteiger partial charge in [0.1, 0.15) is 21.9 Å². The molecule has 1 aliphatic rings. The third-order valence-corrected chi connectivity index (χ3v) is 7.89. The van der Waals surface area contributed by atoms with Gasteiger partial charge < -0.3 is 30.0 Å². The highest BCUT2D eigenvalue weighted by atomic mass is 32.1. The van der Waals surface area contributed by atoms with Crippen LogP contribution in [-0.2, 0) is 14.2 Å². The molecule has 0 radical (unpaired) electrons. The molecule has 3 aromatic heterocycles. The quantitative estimate of drug-likeness (QED) is 0.281. The zero-order valence-electron chi connectivity index (χ0n) is 22.3. The van der Waals surface area contributed by atoms with Crippen molar-refractivity contribution in [3.63, 3.8) is 0 Å². The molecule has 4 rings (SSSR count). The Bertz CT molecular complexity index is 1180. The van der Waals surface area contributed by atoms with Gasteiger partial charge in [0.15, 0.2) is 0 Å². The number of anilines is 2. The molecule has 0 saturated heterocycles. The third kappa shape index (κ3) is 6.35. The number of ether oxygens (including phenoxy) is 3. The molecular formula is C26H38N6O4S. The lowest BCUT2D eigenvalue weighted by molar-refractivity contribution is -0.112. The minimum absolute atomic E-state index is 0.0521. The van der Waals surface area contributed by atoms with E-state index in [0.29, 0.717) is 25.7 Å². The van der Waals surface area contributed by atoms with Crippen LogP contribution in [0.1, 0.15) is 37.6 Å². The van der Waals surface area contributed by atoms with Crippen molar-refractivity contribution < 1.29 is 19.3 Å². The molecule has 1 aliphatic carbocycles. The molecular weight excluding hydrogens is 492 g/mol. The van der Waals surface area contributed by atoms with Crippen LogP contribution in [-0.4, -0.2) is 83.9 Å². The van der Waals surface area contributed by atoms with Crippen molar-refractivity contribution in [2.75, 3.05) is 57.8 Å². The zero-order chi connectivity index (χ0) is 26.4. The van der Waals surface area contributed by atoms with Gasteiger partial charge in [0.05, 0.1) is 41.5 Å². The second-order valence-corrected chi connectivity index (χ2v) is 10.6. The minimum Gasteiger partial charge on any atom is -0.385 e. The number of aromatic nitrogens is 4. The largest absolute Gasteiger partial charge is 0.385 e. The predicted octanol–water partition coefficient (Wildman–Crippen LogP) is 3.82. The zero-order valence-corrected chi connectivity index (χ0v) is 23.2. The maximum atomic E-state index is 11.2. The number of aliphatic hydroxyl groups is 1. The summed E-state index contributed by atoms with van der Waals surface area (Å²) in [5, 5.41) is 19.0. The van der Waals surface area contributed by atoms with Crippen molar-refractivity contribution in [2.24, 2.45) is 5.92 Å². The van der Waals surface area contributed by atoms with Crippen molar-refractivity contribution in [3.05, 3.63) is 23.7 Å². The van der Waals surface area contributed by atoms with Crippen LogP contribution in [0.25, 0.3) is 20.8 Å². The van der Waals surface area contributed by atoms with Crippen LogP contribution in [0.2, 0.25) is 0 Å². The fourth-order valence-electron chi connectivity index (χ4n) is 5.05. The Hall–Kier alpha value is -2.44. The number of nitrogens with zero attached hydrogens (tertiary/aromatic N) is 4. The summed E-state index contributed by atoms with van der Waals surface area (Å²) >= 11 is 1.61. The maximum absolute atomic E-state index is 11.2. The second-order valence-electron chi connectivity index (χ2n) is 9.56. The SMILES string of the molecule is CCOCCNc1nc(C)c(-c2nc3c(C)nccc3s2)c(N[C@H]2CC[C@@H](C(O)(COC)COC)C2)n1. The topological polar surface area (TPSA) is 124 Å². The molecule has 0 unspecified atom stereocenters. The van der Waals surface area contributed by atoms with Gasteiger partial charge in [-0.3, -0.25) is 4.98 Å². The summed E-state index contributed by atoms with van der Waals surface area (Å²) in [6, 6.07) is 2.12. The predicted molar refractivity (Wildman–Crippen MR) is 146 cm³/mol. The Balaban J connectivity index is 1.64. The van der Waals surface area contributed by atoms with Gasteiger partial charge in [-0.2, -0.15) is 4.98 Å². The van der Waals surface area contributed by atoms with E-state index in [1.807, 2.05) is 33.0 Å². The van der Waals surface area contributed by atoms with Gasteiger partial charge in [0.25, 0.3) is 0 Å². The fourth-order valence-corrected chi connectivity index (χ4v) is 6.16. The van der Waals surface area contributed by atoms with E-state index in [0.717, 1.165) is 57.3 Å². The average Bonchev–Trinajstić information content (AvgIpc) is 3.50. The Morgan fingerprint density at radius 2 is 1.89 bits per heavy atom. The van der Waals surface area contributed by atoms with E-state index in [1.165, 1.54) is 0 Å². The van der Waals surface area contributed by atoms with Crippen LogP contribution >= 0.6 is 11.3 Å². The number of hydrogen-bond acceptors (Lipinski definition) is 11. The molecule has 3 N–H and O–H groups in total. The number of fused-ring (bicyclic) bond motifs is 1. The first-order valence-electron chi connectivity index (χ1n) is 12.8. The summed E-state index contributed by atoms with van der Waals surface area (Å²) in [6.45, 7) is 8.27. The standard InChI is InChI=1S/C26H38N6O4S/c1-6-36-12-11-28-25-29-16(2)21(24-31-22-17(3)27-10-9-20(22)37-24)23(32-25)30-19-8-7-18(13-19)26(33,14-34-4)15-35-5/h9-10,18-19,33H,6-8,11-15H2,1-5H3,(H2,28,29,30,32)/t18-,19+/m1/s1. The first-order chi connectivity index (χ1) is 17.9. The monoisotopic (exact) mass is 530 g/mol. The number of methoxy groups -OCH3 is 2. The van der Waals surface area contributed by atoms with E-state index < -0.39 is 5.60 Å². The molecule has 11 heteroatoms. The Kier molecular flexibility index (Phi) is 9.25. The van der Waals surface area contributed by atoms with Crippen molar-refractivity contribution in [2.45, 2.75) is 51.7 Å². The number of hydrogen-bond donors (Lipinski definition) is 3. The molecule has 0 aromatic carbocycles. The fraction of sp³-hybridized carbons (Fsp3) is 0.615. The molecule has 10 nitrogen and oxygen atoms in total. The first-order valence-corrected chi connectivity index (χ1v) is 13.6. The molecule has 3 heterocycles. The Morgan fingerprint density at radius 1 is 1.11 bits per heavy atom. The normalized spacial score (nSPS) is 18.0. The number of nitrogens with one attached hydrogen (secondary N) is 2. The van der Waals surface area contributed by atoms with Gasteiger partial charge in [-0.1, -0.05) is 0 Å². The molecule has 0 bridgehead atoms. The number of pyridine rings is 1. The molecule has 1 saturated carbocycles. The summed E-state index contributed by atoms with van der Waals surface area (Å²) in [6.07, 6.45) is 4.36. The number of rotatable bonds is 13. The molecule has 2 atom stereocenters. The molecule has 3 aromatic rings. The van der Waals surface area contributed by atoms with Gasteiger partial charge in [0, 0.05) is 39.6 Å². The van der Waals surface area contributed by atoms with E-state index in [9.17, 15) is 5.11 Å². The first kappa shape index (κ1) is 27.6. The van der Waals surface area contributed by atoms with Crippen LogP contribution in [0.3, 0.4) is 0 Å². The summed E-state index contributed by atoms with van der Waals surface area (Å²) in [5.74, 6) is 1.34. The van der Waals surface area contributed by atoms with Crippen molar-refractivity contribution >= 4 is 33.3 Å². The lowest BCUT2D eigenvalue weighted by Gasteiger charge is -2.33. The lowest BCUT2D eigenvalue weighted by atomic mass is 9.87. The summed E-state index contributed by atoms with van der Waals surface area (Å²) < 4.78 is 17.2. The summed E-state index contributed by atoms with van der Waals surface area (Å²) in [4.78, 5) is 18.9. The third-order valence-electron chi connectivity index (χ3n) is 6.85. The smallest absolute Gasteiger partial charge is 0.224 e. The van der Waals surface area contributed by atoms with E-state index in [1.54, 1.807) is 25.6 Å². The van der Waals surface area contributed by atoms with Crippen molar-refractivity contribution in [3.8, 4) is 10.6 Å². The van der Waals surface area contributed by atoms with Crippen LogP contribution in [0.15, 0.2) is 12.3 Å². The van der Waals surface area contributed by atoms with Gasteiger partial charge in [-0.15, -0.1) is 11.3 Å². The van der Waals surface area contributed by atoms with E-state index in [2.05, 4.69) is 15.6 Å². The van der Waals surface area contributed by atoms with Crippen LogP contribution in [0.4, 0.5) is 11.8 Å². The molecule has 0 amide bonds. The summed E-state index contributed by atoms with van der Waals surface area (Å²) in [7, 11) is 3.22. The van der Waals surface area contributed by atoms with Crippen LogP contribution in [0, 0.1) is 19.8 Å². The van der Waals surface area contributed by atoms with Crippen LogP contribution in [0.5, 0.6) is 0 Å². The van der Waals surface area contributed by atoms with Crippen molar-refractivity contribution in [1.82, 2.24) is 19.9 Å². The Morgan fingerprint density at radius 3 is 2.59 bits per heavy atom. The van der Waals surface area contributed by atoms with E-state index in [-0.39, 0.29) is 25.2 Å². The average molecular weight is 531 g/mol. The van der Waals surface area contributed by atoms with Gasteiger partial charge in [-0.05, 0) is 52.0 Å². The molecule has 202 valence electrons. The summed E-state index contributed by atoms with van der Waals surface area (Å²) in [5.41, 5.74) is 2.51. The number of aryl methyl sites for hydroxylation is 2. The van der Waals surface area contributed by atoms with Crippen molar-refractivity contribution in [1.29, 1.82) is 0 Å². The lowest BCUT2D eigenvalue weighted by Crippen LogP contribution is -2.46. The molecule has 1 fully saturated rings. The molecule has 37 heavy (non-hydrogen) atoms. The maximum Gasteiger partial charge on any atom is 0.224 e. The highest BCUT2D eigenvalue weighted by Gasteiger charge is 2.42. The van der Waals surface area contributed by atoms with Gasteiger partial charge in [-0.25, -0.2) is 9.97 Å². The second kappa shape index (κ2) is 12.4. The van der Waals surface area contributed by atoms with Crippen LogP contribution < -0.4 is 10.6 Å². The van der Waals surface area contributed by atoms with Gasteiger partial charge >= 0.3 is 0 Å². The molecule has 0 spiro atoms. The highest BCUT2D eigenvalue weighted by molar-refractivity contribution is 7.21. The van der Waals surface area contributed by atoms with Gasteiger partial charge in [0.2, 0.25) is 5.95 Å². The Labute approximate surface area is 222 Å². The molecule has 0 aliphatic heterocycles.